The zero-order chi connectivity index (χ0) is 15.2. The number of carbonyl (C=O) groups is 1. The van der Waals surface area contributed by atoms with E-state index in [9.17, 15) is 4.79 Å². The van der Waals surface area contributed by atoms with Gasteiger partial charge in [0.05, 0.1) is 16.7 Å². The molecule has 1 heterocycles. The van der Waals surface area contributed by atoms with Crippen molar-refractivity contribution in [2.75, 3.05) is 0 Å². The summed E-state index contributed by atoms with van der Waals surface area (Å²) in [6.07, 6.45) is 1.10. The third-order valence-corrected chi connectivity index (χ3v) is 3.85. The molecular formula is C15H14Br2N2O2. The molecule has 4 nitrogen and oxygen atoms in total. The van der Waals surface area contributed by atoms with Gasteiger partial charge in [-0.15, -0.1) is 0 Å². The first kappa shape index (κ1) is 16.0. The van der Waals surface area contributed by atoms with Gasteiger partial charge in [0.15, 0.2) is 6.10 Å². The van der Waals surface area contributed by atoms with Gasteiger partial charge in [0.1, 0.15) is 5.75 Å². The van der Waals surface area contributed by atoms with Crippen molar-refractivity contribution in [1.82, 2.24) is 10.3 Å². The first-order valence-corrected chi connectivity index (χ1v) is 7.94. The minimum Gasteiger partial charge on any atom is -0.480 e. The third-order valence-electron chi connectivity index (χ3n) is 2.74. The van der Waals surface area contributed by atoms with Crippen LogP contribution in [0.25, 0.3) is 0 Å². The van der Waals surface area contributed by atoms with E-state index < -0.39 is 6.10 Å². The Morgan fingerprint density at radius 2 is 2.14 bits per heavy atom. The summed E-state index contributed by atoms with van der Waals surface area (Å²) < 4.78 is 7.38. The number of benzene rings is 1. The lowest BCUT2D eigenvalue weighted by molar-refractivity contribution is -0.127. The quantitative estimate of drug-likeness (QED) is 0.813. The van der Waals surface area contributed by atoms with Crippen molar-refractivity contribution in [3.63, 3.8) is 0 Å². The summed E-state index contributed by atoms with van der Waals surface area (Å²) in [4.78, 5) is 16.2. The molecule has 21 heavy (non-hydrogen) atoms. The van der Waals surface area contributed by atoms with E-state index in [2.05, 4.69) is 42.2 Å². The van der Waals surface area contributed by atoms with Gasteiger partial charge >= 0.3 is 0 Å². The van der Waals surface area contributed by atoms with Gasteiger partial charge in [-0.05, 0) is 53.2 Å². The molecule has 0 saturated carbocycles. The first-order valence-electron chi connectivity index (χ1n) is 6.35. The number of ether oxygens (including phenoxy) is 1. The van der Waals surface area contributed by atoms with Crippen molar-refractivity contribution in [2.24, 2.45) is 0 Å². The highest BCUT2D eigenvalue weighted by Gasteiger charge is 2.15. The zero-order valence-electron chi connectivity index (χ0n) is 11.3. The van der Waals surface area contributed by atoms with Crippen LogP contribution in [-0.4, -0.2) is 17.0 Å². The molecule has 0 aliphatic heterocycles. The highest BCUT2D eigenvalue weighted by Crippen LogP contribution is 2.28. The summed E-state index contributed by atoms with van der Waals surface area (Å²) in [5.74, 6) is 0.439. The average molecular weight is 414 g/mol. The standard InChI is InChI=1S/C15H14Br2N2O2/c1-10(21-14-6-5-11(16)8-13(14)17)15(20)19-9-12-4-2-3-7-18-12/h2-8,10H,9H2,1H3,(H,19,20)/t10-/m1/s1. The van der Waals surface area contributed by atoms with E-state index in [0.29, 0.717) is 12.3 Å². The van der Waals surface area contributed by atoms with Gasteiger partial charge in [-0.3, -0.25) is 9.78 Å². The molecule has 6 heteroatoms. The Kier molecular flexibility index (Phi) is 5.76. The molecule has 0 saturated heterocycles. The molecule has 1 atom stereocenters. The second kappa shape index (κ2) is 7.56. The summed E-state index contributed by atoms with van der Waals surface area (Å²) in [5, 5.41) is 2.80. The molecule has 1 aromatic carbocycles. The lowest BCUT2D eigenvalue weighted by Crippen LogP contribution is -2.36. The fourth-order valence-corrected chi connectivity index (χ4v) is 2.78. The minimum absolute atomic E-state index is 0.185. The number of halogens is 2. The molecule has 1 N–H and O–H groups in total. The van der Waals surface area contributed by atoms with E-state index in [0.717, 1.165) is 14.6 Å². The first-order chi connectivity index (χ1) is 10.1. The van der Waals surface area contributed by atoms with Crippen LogP contribution in [-0.2, 0) is 11.3 Å². The van der Waals surface area contributed by atoms with E-state index in [1.807, 2.05) is 30.3 Å². The Hall–Kier alpha value is -1.40. The Morgan fingerprint density at radius 1 is 1.33 bits per heavy atom. The Labute approximate surface area is 140 Å². The summed E-state index contributed by atoms with van der Waals surface area (Å²) >= 11 is 6.77. The molecule has 1 amide bonds. The smallest absolute Gasteiger partial charge is 0.261 e. The van der Waals surface area contributed by atoms with Crippen LogP contribution in [0.3, 0.4) is 0 Å². The number of pyridine rings is 1. The number of amides is 1. The van der Waals surface area contributed by atoms with Crippen LogP contribution >= 0.6 is 31.9 Å². The van der Waals surface area contributed by atoms with Gasteiger partial charge in [-0.25, -0.2) is 0 Å². The number of rotatable bonds is 5. The van der Waals surface area contributed by atoms with E-state index in [-0.39, 0.29) is 5.91 Å². The monoisotopic (exact) mass is 412 g/mol. The second-order valence-corrected chi connectivity index (χ2v) is 6.14. The highest BCUT2D eigenvalue weighted by atomic mass is 79.9. The molecule has 0 bridgehead atoms. The Bertz CT molecular complexity index is 620. The number of hydrogen-bond acceptors (Lipinski definition) is 3. The maximum atomic E-state index is 12.0. The van der Waals surface area contributed by atoms with Gasteiger partial charge < -0.3 is 10.1 Å². The van der Waals surface area contributed by atoms with Crippen LogP contribution in [0.1, 0.15) is 12.6 Å². The number of hydrogen-bond donors (Lipinski definition) is 1. The molecule has 0 radical (unpaired) electrons. The Balaban J connectivity index is 1.90. The molecule has 0 fully saturated rings. The molecule has 0 aliphatic carbocycles. The molecule has 0 unspecified atom stereocenters. The van der Waals surface area contributed by atoms with Crippen molar-refractivity contribution < 1.29 is 9.53 Å². The van der Waals surface area contributed by atoms with Gasteiger partial charge in [-0.1, -0.05) is 22.0 Å². The van der Waals surface area contributed by atoms with Crippen LogP contribution in [0.15, 0.2) is 51.5 Å². The van der Waals surface area contributed by atoms with Crippen molar-refractivity contribution >= 4 is 37.8 Å². The zero-order valence-corrected chi connectivity index (χ0v) is 14.5. The van der Waals surface area contributed by atoms with Crippen molar-refractivity contribution in [3.8, 4) is 5.75 Å². The average Bonchev–Trinajstić information content (AvgIpc) is 2.48. The van der Waals surface area contributed by atoms with Crippen molar-refractivity contribution in [2.45, 2.75) is 19.6 Å². The number of nitrogens with one attached hydrogen (secondary N) is 1. The van der Waals surface area contributed by atoms with Crippen molar-refractivity contribution in [3.05, 3.63) is 57.2 Å². The molecule has 0 spiro atoms. The van der Waals surface area contributed by atoms with Gasteiger partial charge in [0, 0.05) is 10.7 Å². The summed E-state index contributed by atoms with van der Waals surface area (Å²) in [7, 11) is 0. The Morgan fingerprint density at radius 3 is 2.81 bits per heavy atom. The number of nitrogens with zero attached hydrogens (tertiary/aromatic N) is 1. The maximum Gasteiger partial charge on any atom is 0.261 e. The van der Waals surface area contributed by atoms with Crippen LogP contribution in [0.4, 0.5) is 0 Å². The van der Waals surface area contributed by atoms with E-state index in [1.54, 1.807) is 19.2 Å². The number of carbonyl (C=O) groups excluding carboxylic acids is 1. The van der Waals surface area contributed by atoms with E-state index >= 15 is 0 Å². The van der Waals surface area contributed by atoms with Gasteiger partial charge in [0.2, 0.25) is 0 Å². The molecule has 110 valence electrons. The second-order valence-electron chi connectivity index (χ2n) is 4.37. The van der Waals surface area contributed by atoms with Crippen LogP contribution in [0, 0.1) is 0 Å². The van der Waals surface area contributed by atoms with Crippen LogP contribution in [0.2, 0.25) is 0 Å². The van der Waals surface area contributed by atoms with Crippen LogP contribution < -0.4 is 10.1 Å². The predicted octanol–water partition coefficient (Wildman–Crippen LogP) is 3.69. The number of aromatic nitrogens is 1. The SMILES string of the molecule is C[C@@H](Oc1ccc(Br)cc1Br)C(=O)NCc1ccccn1. The molecule has 0 aliphatic rings. The lowest BCUT2D eigenvalue weighted by Gasteiger charge is -2.15. The fourth-order valence-electron chi connectivity index (χ4n) is 1.64. The van der Waals surface area contributed by atoms with E-state index in [4.69, 9.17) is 4.74 Å². The normalized spacial score (nSPS) is 11.8. The molecule has 2 rings (SSSR count). The topological polar surface area (TPSA) is 51.2 Å². The van der Waals surface area contributed by atoms with Crippen molar-refractivity contribution in [1.29, 1.82) is 0 Å². The van der Waals surface area contributed by atoms with Gasteiger partial charge in [0.25, 0.3) is 5.91 Å². The molecular weight excluding hydrogens is 400 g/mol. The van der Waals surface area contributed by atoms with E-state index in [1.165, 1.54) is 0 Å². The third kappa shape index (κ3) is 4.82. The fraction of sp³-hybridized carbons (Fsp3) is 0.200. The van der Waals surface area contributed by atoms with Gasteiger partial charge in [-0.2, -0.15) is 0 Å². The largest absolute Gasteiger partial charge is 0.480 e. The summed E-state index contributed by atoms with van der Waals surface area (Å²) in [6.45, 7) is 2.09. The summed E-state index contributed by atoms with van der Waals surface area (Å²) in [6, 6.07) is 11.1. The van der Waals surface area contributed by atoms with Crippen LogP contribution in [0.5, 0.6) is 5.75 Å². The predicted molar refractivity (Wildman–Crippen MR) is 88.0 cm³/mol. The highest BCUT2D eigenvalue weighted by molar-refractivity contribution is 9.11. The summed E-state index contributed by atoms with van der Waals surface area (Å²) in [5.41, 5.74) is 0.808. The maximum absolute atomic E-state index is 12.0. The molecule has 1 aromatic heterocycles. The molecule has 2 aromatic rings. The lowest BCUT2D eigenvalue weighted by atomic mass is 10.3. The minimum atomic E-state index is -0.591.